The summed E-state index contributed by atoms with van der Waals surface area (Å²) >= 11 is 0. The third kappa shape index (κ3) is 4.28. The van der Waals surface area contributed by atoms with E-state index in [2.05, 4.69) is 16.7 Å². The number of rotatable bonds is 4. The van der Waals surface area contributed by atoms with Crippen molar-refractivity contribution in [3.8, 4) is 11.5 Å². The predicted octanol–water partition coefficient (Wildman–Crippen LogP) is 3.93. The number of nitrogens with one attached hydrogen (secondary N) is 2. The molecule has 2 N–H and O–H groups in total. The highest BCUT2D eigenvalue weighted by atomic mass is 19.1. The van der Waals surface area contributed by atoms with Crippen LogP contribution in [-0.4, -0.2) is 27.3 Å². The number of ether oxygens (including phenoxy) is 2. The Kier molecular flexibility index (Phi) is 6.09. The molecule has 0 fully saturated rings. The molecule has 23 heavy (non-hydrogen) atoms. The number of halogens is 1. The highest BCUT2D eigenvalue weighted by molar-refractivity contribution is 5.58. The molecule has 0 spiro atoms. The fourth-order valence-corrected chi connectivity index (χ4v) is 2.43. The van der Waals surface area contributed by atoms with E-state index in [0.717, 1.165) is 31.0 Å². The Bertz CT molecular complexity index is 647. The Hall–Kier alpha value is -2.43. The minimum absolute atomic E-state index is 0.272. The van der Waals surface area contributed by atoms with Crippen LogP contribution in [0.4, 0.5) is 15.8 Å². The summed E-state index contributed by atoms with van der Waals surface area (Å²) in [6, 6.07) is 10.8. The van der Waals surface area contributed by atoms with Crippen LogP contribution in [0.2, 0.25) is 0 Å². The molecular formula is C18H23FN2O2. The minimum Gasteiger partial charge on any atom is -0.494 e. The lowest BCUT2D eigenvalue weighted by molar-refractivity contribution is 0.357. The second-order valence-electron chi connectivity index (χ2n) is 5.01. The second-order valence-corrected chi connectivity index (χ2v) is 5.01. The van der Waals surface area contributed by atoms with E-state index in [4.69, 9.17) is 9.47 Å². The highest BCUT2D eigenvalue weighted by Crippen LogP contribution is 2.30. The van der Waals surface area contributed by atoms with Gasteiger partial charge in [0.1, 0.15) is 5.75 Å². The molecule has 0 saturated carbocycles. The molecule has 0 saturated heterocycles. The van der Waals surface area contributed by atoms with Gasteiger partial charge in [-0.1, -0.05) is 6.07 Å². The molecule has 0 unspecified atom stereocenters. The van der Waals surface area contributed by atoms with Gasteiger partial charge in [-0.3, -0.25) is 0 Å². The van der Waals surface area contributed by atoms with E-state index in [9.17, 15) is 4.39 Å². The van der Waals surface area contributed by atoms with Crippen LogP contribution in [-0.2, 0) is 6.42 Å². The van der Waals surface area contributed by atoms with Gasteiger partial charge in [0.15, 0.2) is 11.6 Å². The van der Waals surface area contributed by atoms with Crippen LogP contribution in [0.15, 0.2) is 36.4 Å². The van der Waals surface area contributed by atoms with E-state index in [1.165, 1.54) is 24.4 Å². The number of hydrogen-bond donors (Lipinski definition) is 2. The molecule has 0 amide bonds. The van der Waals surface area contributed by atoms with Crippen molar-refractivity contribution < 1.29 is 13.9 Å². The van der Waals surface area contributed by atoms with Gasteiger partial charge in [0.25, 0.3) is 0 Å². The van der Waals surface area contributed by atoms with E-state index in [1.54, 1.807) is 12.1 Å². The lowest BCUT2D eigenvalue weighted by Gasteiger charge is -2.05. The molecule has 2 aromatic carbocycles. The number of anilines is 2. The van der Waals surface area contributed by atoms with E-state index < -0.39 is 0 Å². The summed E-state index contributed by atoms with van der Waals surface area (Å²) in [5.41, 5.74) is 3.38. The minimum atomic E-state index is -0.334. The summed E-state index contributed by atoms with van der Waals surface area (Å²) in [6.07, 6.45) is 1.03. The summed E-state index contributed by atoms with van der Waals surface area (Å²) in [7, 11) is 3.39. The van der Waals surface area contributed by atoms with Crippen molar-refractivity contribution in [1.82, 2.24) is 0 Å². The zero-order valence-corrected chi connectivity index (χ0v) is 13.8. The van der Waals surface area contributed by atoms with Crippen molar-refractivity contribution in [2.75, 3.05) is 37.9 Å². The highest BCUT2D eigenvalue weighted by Gasteiger charge is 2.14. The molecule has 1 aliphatic heterocycles. The average Bonchev–Trinajstić information content (AvgIpc) is 3.06. The summed E-state index contributed by atoms with van der Waals surface area (Å²) in [6.45, 7) is 3.62. The van der Waals surface area contributed by atoms with Crippen LogP contribution in [0.5, 0.6) is 11.5 Å². The largest absolute Gasteiger partial charge is 0.494 e. The molecule has 124 valence electrons. The Morgan fingerprint density at radius 1 is 1.26 bits per heavy atom. The third-order valence-corrected chi connectivity index (χ3v) is 3.54. The molecular weight excluding hydrogens is 295 g/mol. The van der Waals surface area contributed by atoms with Crippen LogP contribution >= 0.6 is 0 Å². The van der Waals surface area contributed by atoms with Crippen LogP contribution in [0, 0.1) is 5.82 Å². The first-order valence-corrected chi connectivity index (χ1v) is 7.69. The van der Waals surface area contributed by atoms with Crippen LogP contribution < -0.4 is 20.1 Å². The molecule has 3 rings (SSSR count). The van der Waals surface area contributed by atoms with Gasteiger partial charge in [0, 0.05) is 43.0 Å². The van der Waals surface area contributed by atoms with Gasteiger partial charge in [-0.15, -0.1) is 0 Å². The van der Waals surface area contributed by atoms with Crippen LogP contribution in [0.3, 0.4) is 0 Å². The molecule has 2 aromatic rings. The topological polar surface area (TPSA) is 42.5 Å². The Balaban J connectivity index is 0.000000167. The van der Waals surface area contributed by atoms with Crippen molar-refractivity contribution in [3.63, 3.8) is 0 Å². The fraction of sp³-hybridized carbons (Fsp3) is 0.333. The molecule has 1 heterocycles. The van der Waals surface area contributed by atoms with Gasteiger partial charge in [-0.2, -0.15) is 0 Å². The quantitative estimate of drug-likeness (QED) is 0.896. The molecule has 5 heteroatoms. The lowest BCUT2D eigenvalue weighted by atomic mass is 10.1. The van der Waals surface area contributed by atoms with Gasteiger partial charge in [0.2, 0.25) is 0 Å². The SMILES string of the molecule is CCNc1ccc(F)c(OC)c1.CNc1cccc2c1CCO2. The molecule has 1 aliphatic rings. The Morgan fingerprint density at radius 3 is 2.78 bits per heavy atom. The van der Waals surface area contributed by atoms with Crippen LogP contribution in [0.1, 0.15) is 12.5 Å². The molecule has 0 radical (unpaired) electrons. The monoisotopic (exact) mass is 318 g/mol. The first-order valence-electron chi connectivity index (χ1n) is 7.69. The molecule has 0 aromatic heterocycles. The zero-order valence-electron chi connectivity index (χ0n) is 13.8. The Labute approximate surface area is 136 Å². The summed E-state index contributed by atoms with van der Waals surface area (Å²) in [5.74, 6) is 0.976. The second kappa shape index (κ2) is 8.27. The number of methoxy groups -OCH3 is 1. The number of hydrogen-bond acceptors (Lipinski definition) is 4. The van der Waals surface area contributed by atoms with E-state index >= 15 is 0 Å². The number of benzene rings is 2. The maximum atomic E-state index is 12.9. The van der Waals surface area contributed by atoms with Gasteiger partial charge >= 0.3 is 0 Å². The number of fused-ring (bicyclic) bond motifs is 1. The van der Waals surface area contributed by atoms with Crippen molar-refractivity contribution in [3.05, 3.63) is 47.8 Å². The fourth-order valence-electron chi connectivity index (χ4n) is 2.43. The van der Waals surface area contributed by atoms with Gasteiger partial charge in [-0.25, -0.2) is 4.39 Å². The summed E-state index contributed by atoms with van der Waals surface area (Å²) in [5, 5.41) is 6.21. The van der Waals surface area contributed by atoms with Gasteiger partial charge in [-0.05, 0) is 31.2 Å². The van der Waals surface area contributed by atoms with Gasteiger partial charge in [0.05, 0.1) is 13.7 Å². The van der Waals surface area contributed by atoms with E-state index in [1.807, 2.05) is 26.1 Å². The Morgan fingerprint density at radius 2 is 2.09 bits per heavy atom. The lowest BCUT2D eigenvalue weighted by Crippen LogP contribution is -1.97. The summed E-state index contributed by atoms with van der Waals surface area (Å²) in [4.78, 5) is 0. The van der Waals surface area contributed by atoms with Crippen LogP contribution in [0.25, 0.3) is 0 Å². The maximum Gasteiger partial charge on any atom is 0.165 e. The van der Waals surface area contributed by atoms with Crippen molar-refractivity contribution in [2.45, 2.75) is 13.3 Å². The van der Waals surface area contributed by atoms with E-state index in [-0.39, 0.29) is 11.6 Å². The predicted molar refractivity (Wildman–Crippen MR) is 92.3 cm³/mol. The summed E-state index contributed by atoms with van der Waals surface area (Å²) < 4.78 is 23.1. The first kappa shape index (κ1) is 16.9. The smallest absolute Gasteiger partial charge is 0.165 e. The molecule has 0 bridgehead atoms. The standard InChI is InChI=1S/C9H12FNO.C9H11NO/c1-3-11-7-4-5-8(10)9(6-7)12-2;1-10-8-3-2-4-9-7(8)5-6-11-9/h4-6,11H,3H2,1-2H3;2-4,10H,5-6H2,1H3. The van der Waals surface area contributed by atoms with Crippen molar-refractivity contribution >= 4 is 11.4 Å². The molecule has 4 nitrogen and oxygen atoms in total. The maximum absolute atomic E-state index is 12.9. The van der Waals surface area contributed by atoms with E-state index in [0.29, 0.717) is 0 Å². The molecule has 0 aliphatic carbocycles. The molecule has 0 atom stereocenters. The zero-order chi connectivity index (χ0) is 16.7. The third-order valence-electron chi connectivity index (χ3n) is 3.54. The normalized spacial score (nSPS) is 11.7. The first-order chi connectivity index (χ1) is 11.2. The average molecular weight is 318 g/mol. The van der Waals surface area contributed by atoms with Gasteiger partial charge < -0.3 is 20.1 Å². The van der Waals surface area contributed by atoms with Crippen molar-refractivity contribution in [1.29, 1.82) is 0 Å². The van der Waals surface area contributed by atoms with Crippen molar-refractivity contribution in [2.24, 2.45) is 0 Å².